The SMILES string of the molecule is CN(C)C(=O)C1CCCN1CCCN=C(N)NC(C)(C)C.I. The standard InChI is InChI=1S/C15H31N5O.HI/c1-15(2,3)18-14(16)17-9-7-11-20-10-6-8-12(20)13(21)19(4)5;/h12H,6-11H2,1-5H3,(H3,16,17,18);1H. The molecule has 0 aliphatic carbocycles. The molecule has 22 heavy (non-hydrogen) atoms. The number of nitrogens with one attached hydrogen (secondary N) is 1. The maximum Gasteiger partial charge on any atom is 0.239 e. The molecule has 0 aromatic carbocycles. The molecule has 0 spiro atoms. The van der Waals surface area contributed by atoms with Gasteiger partial charge in [0.1, 0.15) is 0 Å². The summed E-state index contributed by atoms with van der Waals surface area (Å²) in [6.07, 6.45) is 2.99. The molecule has 7 heteroatoms. The number of aliphatic imine (C=N–C) groups is 1. The van der Waals surface area contributed by atoms with E-state index in [9.17, 15) is 4.79 Å². The van der Waals surface area contributed by atoms with E-state index in [1.54, 1.807) is 4.90 Å². The molecular weight excluding hydrogens is 393 g/mol. The summed E-state index contributed by atoms with van der Waals surface area (Å²) in [7, 11) is 3.64. The van der Waals surface area contributed by atoms with Crippen LogP contribution in [-0.2, 0) is 4.79 Å². The number of nitrogens with two attached hydrogens (primary N) is 1. The van der Waals surface area contributed by atoms with Crippen molar-refractivity contribution < 1.29 is 4.79 Å². The van der Waals surface area contributed by atoms with Crippen LogP contribution in [0.15, 0.2) is 4.99 Å². The number of hydrogen-bond donors (Lipinski definition) is 2. The molecule has 1 unspecified atom stereocenters. The Morgan fingerprint density at radius 3 is 2.59 bits per heavy atom. The Kier molecular flexibility index (Phi) is 9.30. The normalized spacial score (nSPS) is 19.7. The maximum absolute atomic E-state index is 12.1. The molecule has 0 saturated carbocycles. The number of guanidine groups is 1. The van der Waals surface area contributed by atoms with Crippen molar-refractivity contribution in [3.8, 4) is 0 Å². The van der Waals surface area contributed by atoms with Gasteiger partial charge >= 0.3 is 0 Å². The third kappa shape index (κ3) is 7.62. The van der Waals surface area contributed by atoms with E-state index < -0.39 is 0 Å². The first-order valence-electron chi connectivity index (χ1n) is 7.74. The molecule has 1 aliphatic rings. The van der Waals surface area contributed by atoms with Crippen molar-refractivity contribution in [2.24, 2.45) is 10.7 Å². The van der Waals surface area contributed by atoms with Gasteiger partial charge in [-0.05, 0) is 46.6 Å². The Labute approximate surface area is 151 Å². The van der Waals surface area contributed by atoms with Gasteiger partial charge in [0.05, 0.1) is 6.04 Å². The first-order valence-corrected chi connectivity index (χ1v) is 7.74. The topological polar surface area (TPSA) is 74.0 Å². The second-order valence-electron chi connectivity index (χ2n) is 6.92. The van der Waals surface area contributed by atoms with Gasteiger partial charge in [-0.3, -0.25) is 14.7 Å². The smallest absolute Gasteiger partial charge is 0.239 e. The largest absolute Gasteiger partial charge is 0.370 e. The third-order valence-corrected chi connectivity index (χ3v) is 3.48. The van der Waals surface area contributed by atoms with Crippen molar-refractivity contribution in [1.29, 1.82) is 0 Å². The first kappa shape index (κ1) is 21.4. The highest BCUT2D eigenvalue weighted by Crippen LogP contribution is 2.18. The molecule has 0 radical (unpaired) electrons. The summed E-state index contributed by atoms with van der Waals surface area (Å²) in [5, 5.41) is 3.14. The van der Waals surface area contributed by atoms with Gasteiger partial charge in [-0.25, -0.2) is 0 Å². The van der Waals surface area contributed by atoms with E-state index >= 15 is 0 Å². The fourth-order valence-corrected chi connectivity index (χ4v) is 2.57. The fraction of sp³-hybridized carbons (Fsp3) is 0.867. The molecule has 0 aromatic heterocycles. The molecule has 1 atom stereocenters. The lowest BCUT2D eigenvalue weighted by Gasteiger charge is -2.25. The van der Waals surface area contributed by atoms with E-state index in [-0.39, 0.29) is 41.5 Å². The van der Waals surface area contributed by atoms with Crippen molar-refractivity contribution in [2.75, 3.05) is 33.7 Å². The number of amides is 1. The predicted octanol–water partition coefficient (Wildman–Crippen LogP) is 1.25. The van der Waals surface area contributed by atoms with Gasteiger partial charge in [-0.1, -0.05) is 0 Å². The quantitative estimate of drug-likeness (QED) is 0.301. The molecule has 1 heterocycles. The van der Waals surface area contributed by atoms with Gasteiger partial charge in [0.15, 0.2) is 5.96 Å². The molecule has 0 aromatic rings. The molecule has 1 rings (SSSR count). The van der Waals surface area contributed by atoms with Crippen molar-refractivity contribution in [3.05, 3.63) is 0 Å². The highest BCUT2D eigenvalue weighted by atomic mass is 127. The van der Waals surface area contributed by atoms with Gasteiger partial charge in [-0.2, -0.15) is 0 Å². The molecule has 0 bridgehead atoms. The lowest BCUT2D eigenvalue weighted by molar-refractivity contribution is -0.133. The molecule has 130 valence electrons. The maximum atomic E-state index is 12.1. The van der Waals surface area contributed by atoms with Gasteiger partial charge < -0.3 is 16.0 Å². The van der Waals surface area contributed by atoms with Gasteiger partial charge in [0, 0.05) is 32.7 Å². The van der Waals surface area contributed by atoms with Crippen LogP contribution in [0.2, 0.25) is 0 Å². The van der Waals surface area contributed by atoms with E-state index in [0.717, 1.165) is 32.4 Å². The monoisotopic (exact) mass is 425 g/mol. The zero-order valence-electron chi connectivity index (χ0n) is 14.6. The molecule has 6 nitrogen and oxygen atoms in total. The van der Waals surface area contributed by atoms with E-state index in [2.05, 4.69) is 36.0 Å². The minimum atomic E-state index is -0.0637. The summed E-state index contributed by atoms with van der Waals surface area (Å²) in [6, 6.07) is 0.0500. The van der Waals surface area contributed by atoms with Crippen molar-refractivity contribution >= 4 is 35.8 Å². The first-order chi connectivity index (χ1) is 9.70. The van der Waals surface area contributed by atoms with E-state index in [4.69, 9.17) is 5.73 Å². The van der Waals surface area contributed by atoms with Crippen molar-refractivity contribution in [3.63, 3.8) is 0 Å². The van der Waals surface area contributed by atoms with E-state index in [1.165, 1.54) is 0 Å². The molecule has 1 aliphatic heterocycles. The molecule has 3 N–H and O–H groups in total. The zero-order valence-corrected chi connectivity index (χ0v) is 16.9. The summed E-state index contributed by atoms with van der Waals surface area (Å²) in [6.45, 7) is 8.75. The average molecular weight is 425 g/mol. The number of carbonyl (C=O) groups excluding carboxylic acids is 1. The summed E-state index contributed by atoms with van der Waals surface area (Å²) in [4.78, 5) is 20.4. The van der Waals surface area contributed by atoms with Crippen LogP contribution in [-0.4, -0.2) is 67.0 Å². The number of hydrogen-bond acceptors (Lipinski definition) is 3. The van der Waals surface area contributed by atoms with Crippen LogP contribution in [0.5, 0.6) is 0 Å². The Morgan fingerprint density at radius 1 is 1.41 bits per heavy atom. The average Bonchev–Trinajstić information content (AvgIpc) is 2.79. The highest BCUT2D eigenvalue weighted by Gasteiger charge is 2.30. The number of rotatable bonds is 5. The Morgan fingerprint density at radius 2 is 2.05 bits per heavy atom. The van der Waals surface area contributed by atoms with Crippen LogP contribution in [0, 0.1) is 0 Å². The molecule has 1 amide bonds. The van der Waals surface area contributed by atoms with Crippen LogP contribution in [0.1, 0.15) is 40.0 Å². The molecule has 1 saturated heterocycles. The Hall–Kier alpha value is -0.570. The zero-order chi connectivity index (χ0) is 16.0. The van der Waals surface area contributed by atoms with Crippen LogP contribution in [0.25, 0.3) is 0 Å². The summed E-state index contributed by atoms with van der Waals surface area (Å²) < 4.78 is 0. The minimum Gasteiger partial charge on any atom is -0.370 e. The minimum absolute atomic E-state index is 0. The molecule has 1 fully saturated rings. The lowest BCUT2D eigenvalue weighted by atomic mass is 10.1. The summed E-state index contributed by atoms with van der Waals surface area (Å²) in [5.41, 5.74) is 5.77. The fourth-order valence-electron chi connectivity index (χ4n) is 2.57. The van der Waals surface area contributed by atoms with Crippen molar-refractivity contribution in [2.45, 2.75) is 51.6 Å². The van der Waals surface area contributed by atoms with Crippen LogP contribution in [0.4, 0.5) is 0 Å². The van der Waals surface area contributed by atoms with E-state index in [1.807, 2.05) is 14.1 Å². The van der Waals surface area contributed by atoms with Gasteiger partial charge in [0.25, 0.3) is 0 Å². The summed E-state index contributed by atoms with van der Waals surface area (Å²) >= 11 is 0. The number of carbonyl (C=O) groups is 1. The predicted molar refractivity (Wildman–Crippen MR) is 103 cm³/mol. The van der Waals surface area contributed by atoms with Crippen LogP contribution >= 0.6 is 24.0 Å². The second kappa shape index (κ2) is 9.54. The third-order valence-electron chi connectivity index (χ3n) is 3.48. The number of likely N-dealkylation sites (tertiary alicyclic amines) is 1. The second-order valence-corrected chi connectivity index (χ2v) is 6.92. The van der Waals surface area contributed by atoms with Crippen molar-refractivity contribution in [1.82, 2.24) is 15.1 Å². The summed E-state index contributed by atoms with van der Waals surface area (Å²) in [5.74, 6) is 0.703. The Bertz CT molecular complexity index is 379. The van der Waals surface area contributed by atoms with E-state index in [0.29, 0.717) is 12.5 Å². The highest BCUT2D eigenvalue weighted by molar-refractivity contribution is 14.0. The van der Waals surface area contributed by atoms with Gasteiger partial charge in [0.2, 0.25) is 5.91 Å². The number of halogens is 1. The molecular formula is C15H32IN5O. The number of nitrogens with zero attached hydrogens (tertiary/aromatic N) is 3. The Balaban J connectivity index is 0.00000441. The van der Waals surface area contributed by atoms with Crippen LogP contribution < -0.4 is 11.1 Å². The van der Waals surface area contributed by atoms with Gasteiger partial charge in [-0.15, -0.1) is 24.0 Å². The van der Waals surface area contributed by atoms with Crippen LogP contribution in [0.3, 0.4) is 0 Å². The number of likely N-dealkylation sites (N-methyl/N-ethyl adjacent to an activating group) is 1. The lowest BCUT2D eigenvalue weighted by Crippen LogP contribution is -2.45.